The first-order valence-electron chi connectivity index (χ1n) is 3.83. The highest BCUT2D eigenvalue weighted by molar-refractivity contribution is 5.85. The molecule has 0 aliphatic heterocycles. The molecular formula is C9H15Cl2N3. The normalized spacial score (nSPS) is 8.36. The second-order valence-electron chi connectivity index (χ2n) is 2.72. The molecule has 0 saturated heterocycles. The van der Waals surface area contributed by atoms with Crippen LogP contribution in [0.2, 0.25) is 0 Å². The third kappa shape index (κ3) is 5.07. The molecule has 0 bridgehead atoms. The van der Waals surface area contributed by atoms with E-state index >= 15 is 0 Å². The van der Waals surface area contributed by atoms with Crippen molar-refractivity contribution in [2.45, 2.75) is 13.0 Å². The molecule has 0 heterocycles. The molecule has 0 saturated carbocycles. The third-order valence-corrected chi connectivity index (χ3v) is 1.65. The van der Waals surface area contributed by atoms with Crippen molar-refractivity contribution >= 4 is 30.6 Å². The van der Waals surface area contributed by atoms with Crippen molar-refractivity contribution in [1.82, 2.24) is 0 Å². The predicted molar refractivity (Wildman–Crippen MR) is 64.4 cm³/mol. The van der Waals surface area contributed by atoms with Crippen LogP contribution in [0.3, 0.4) is 0 Å². The number of rotatable bonds is 3. The summed E-state index contributed by atoms with van der Waals surface area (Å²) in [5.41, 5.74) is 12.8. The van der Waals surface area contributed by atoms with E-state index in [9.17, 15) is 0 Å². The average molecular weight is 236 g/mol. The molecule has 80 valence electrons. The summed E-state index contributed by atoms with van der Waals surface area (Å²) in [5, 5.41) is 7.08. The third-order valence-electron chi connectivity index (χ3n) is 1.65. The van der Waals surface area contributed by atoms with Gasteiger partial charge in [-0.15, -0.1) is 24.8 Å². The number of halogens is 2. The molecule has 1 rings (SSSR count). The summed E-state index contributed by atoms with van der Waals surface area (Å²) >= 11 is 0. The monoisotopic (exact) mass is 235 g/mol. The van der Waals surface area contributed by atoms with Crippen LogP contribution in [-0.2, 0) is 13.0 Å². The molecule has 0 unspecified atom stereocenters. The number of benzene rings is 1. The minimum atomic E-state index is 0. The van der Waals surface area contributed by atoms with Crippen molar-refractivity contribution in [2.75, 3.05) is 0 Å². The molecule has 0 spiro atoms. The summed E-state index contributed by atoms with van der Waals surface area (Å²) in [5.74, 6) is 0.190. The van der Waals surface area contributed by atoms with Crippen molar-refractivity contribution in [3.63, 3.8) is 0 Å². The zero-order valence-corrected chi connectivity index (χ0v) is 9.33. The first-order chi connectivity index (χ1) is 5.72. The molecule has 0 fully saturated rings. The van der Waals surface area contributed by atoms with E-state index in [1.54, 1.807) is 0 Å². The van der Waals surface area contributed by atoms with E-state index in [-0.39, 0.29) is 30.6 Å². The van der Waals surface area contributed by atoms with Crippen molar-refractivity contribution in [3.05, 3.63) is 35.4 Å². The topological polar surface area (TPSA) is 75.9 Å². The summed E-state index contributed by atoms with van der Waals surface area (Å²) in [6.07, 6.45) is 0.519. The van der Waals surface area contributed by atoms with Crippen molar-refractivity contribution < 1.29 is 0 Å². The number of nitrogens with two attached hydrogens (primary N) is 2. The summed E-state index contributed by atoms with van der Waals surface area (Å²) in [6.45, 7) is 0.556. The highest BCUT2D eigenvalue weighted by Gasteiger charge is 1.94. The predicted octanol–water partition coefficient (Wildman–Crippen LogP) is 1.47. The van der Waals surface area contributed by atoms with Gasteiger partial charge in [-0.2, -0.15) is 0 Å². The Morgan fingerprint density at radius 1 is 1.07 bits per heavy atom. The molecule has 14 heavy (non-hydrogen) atoms. The lowest BCUT2D eigenvalue weighted by Gasteiger charge is -2.00. The van der Waals surface area contributed by atoms with Gasteiger partial charge in [0.2, 0.25) is 0 Å². The maximum absolute atomic E-state index is 7.08. The zero-order valence-electron chi connectivity index (χ0n) is 7.69. The van der Waals surface area contributed by atoms with Crippen molar-refractivity contribution in [2.24, 2.45) is 11.5 Å². The summed E-state index contributed by atoms with van der Waals surface area (Å²) in [6, 6.07) is 7.81. The van der Waals surface area contributed by atoms with E-state index in [2.05, 4.69) is 0 Å². The van der Waals surface area contributed by atoms with Crippen LogP contribution in [0.5, 0.6) is 0 Å². The highest BCUT2D eigenvalue weighted by Crippen LogP contribution is 2.03. The van der Waals surface area contributed by atoms with Gasteiger partial charge in [-0.25, -0.2) is 0 Å². The molecule has 0 amide bonds. The molecule has 0 aromatic heterocycles. The van der Waals surface area contributed by atoms with Crippen LogP contribution in [0.1, 0.15) is 11.1 Å². The summed E-state index contributed by atoms with van der Waals surface area (Å²) < 4.78 is 0. The maximum Gasteiger partial charge on any atom is 0.0950 e. The number of nitrogens with one attached hydrogen (secondary N) is 1. The maximum atomic E-state index is 7.08. The summed E-state index contributed by atoms with van der Waals surface area (Å²) in [7, 11) is 0. The minimum Gasteiger partial charge on any atom is -0.387 e. The Hall–Kier alpha value is -0.770. The lowest BCUT2D eigenvalue weighted by molar-refractivity contribution is 1.07. The smallest absolute Gasteiger partial charge is 0.0950 e. The van der Waals surface area contributed by atoms with E-state index in [0.29, 0.717) is 13.0 Å². The van der Waals surface area contributed by atoms with Crippen LogP contribution in [-0.4, -0.2) is 5.84 Å². The Bertz CT molecular complexity index is 272. The zero-order chi connectivity index (χ0) is 8.97. The Labute approximate surface area is 96.2 Å². The van der Waals surface area contributed by atoms with Crippen LogP contribution < -0.4 is 11.5 Å². The van der Waals surface area contributed by atoms with Gasteiger partial charge in [0.05, 0.1) is 5.84 Å². The molecular weight excluding hydrogens is 221 g/mol. The van der Waals surface area contributed by atoms with Gasteiger partial charge in [0.25, 0.3) is 0 Å². The van der Waals surface area contributed by atoms with E-state index in [0.717, 1.165) is 11.1 Å². The van der Waals surface area contributed by atoms with Crippen LogP contribution in [0.25, 0.3) is 0 Å². The van der Waals surface area contributed by atoms with Crippen molar-refractivity contribution in [3.8, 4) is 0 Å². The van der Waals surface area contributed by atoms with E-state index < -0.39 is 0 Å². The lowest BCUT2D eigenvalue weighted by atomic mass is 10.1. The molecule has 3 nitrogen and oxygen atoms in total. The van der Waals surface area contributed by atoms with Gasteiger partial charge in [-0.1, -0.05) is 24.3 Å². The number of hydrogen-bond acceptors (Lipinski definition) is 2. The lowest BCUT2D eigenvalue weighted by Crippen LogP contribution is -2.12. The van der Waals surface area contributed by atoms with Gasteiger partial charge >= 0.3 is 0 Å². The number of hydrogen-bond donors (Lipinski definition) is 3. The second-order valence-corrected chi connectivity index (χ2v) is 2.72. The van der Waals surface area contributed by atoms with Gasteiger partial charge in [0.15, 0.2) is 0 Å². The largest absolute Gasteiger partial charge is 0.387 e. The SMILES string of the molecule is Cl.Cl.N=C(N)Cc1ccc(CN)cc1. The van der Waals surface area contributed by atoms with E-state index in [1.165, 1.54) is 0 Å². The molecule has 5 heteroatoms. The van der Waals surface area contributed by atoms with Crippen LogP contribution >= 0.6 is 24.8 Å². The Morgan fingerprint density at radius 2 is 1.50 bits per heavy atom. The molecule has 0 atom stereocenters. The van der Waals surface area contributed by atoms with Gasteiger partial charge in [0.1, 0.15) is 0 Å². The first-order valence-corrected chi connectivity index (χ1v) is 3.83. The molecule has 0 radical (unpaired) electrons. The van der Waals surface area contributed by atoms with Crippen LogP contribution in [0.15, 0.2) is 24.3 Å². The fourth-order valence-corrected chi connectivity index (χ4v) is 1.01. The standard InChI is InChI=1S/C9H13N3.2ClH/c10-6-8-3-1-7(2-4-8)5-9(11)12;;/h1-4H,5-6,10H2,(H3,11,12);2*1H. The fourth-order valence-electron chi connectivity index (χ4n) is 1.01. The van der Waals surface area contributed by atoms with Crippen LogP contribution in [0.4, 0.5) is 0 Å². The number of amidine groups is 1. The second kappa shape index (κ2) is 7.62. The van der Waals surface area contributed by atoms with E-state index in [4.69, 9.17) is 16.9 Å². The Morgan fingerprint density at radius 3 is 1.86 bits per heavy atom. The van der Waals surface area contributed by atoms with Gasteiger partial charge in [0, 0.05) is 13.0 Å². The molecule has 1 aromatic rings. The fraction of sp³-hybridized carbons (Fsp3) is 0.222. The Balaban J connectivity index is 0. The molecule has 5 N–H and O–H groups in total. The van der Waals surface area contributed by atoms with E-state index in [1.807, 2.05) is 24.3 Å². The van der Waals surface area contributed by atoms with Gasteiger partial charge in [-0.05, 0) is 11.1 Å². The van der Waals surface area contributed by atoms with Gasteiger partial charge < -0.3 is 11.5 Å². The average Bonchev–Trinajstić information content (AvgIpc) is 2.05. The minimum absolute atomic E-state index is 0. The quantitative estimate of drug-likeness (QED) is 0.549. The van der Waals surface area contributed by atoms with Crippen LogP contribution in [0, 0.1) is 5.41 Å². The molecule has 1 aromatic carbocycles. The summed E-state index contributed by atoms with van der Waals surface area (Å²) in [4.78, 5) is 0. The van der Waals surface area contributed by atoms with Gasteiger partial charge in [-0.3, -0.25) is 5.41 Å². The Kier molecular flexibility index (Phi) is 8.54. The highest BCUT2D eigenvalue weighted by atomic mass is 35.5. The molecule has 0 aliphatic rings. The first kappa shape index (κ1) is 15.7. The molecule has 0 aliphatic carbocycles. The van der Waals surface area contributed by atoms with Crippen molar-refractivity contribution in [1.29, 1.82) is 5.41 Å².